The molecule has 0 saturated carbocycles. The van der Waals surface area contributed by atoms with Crippen LogP contribution in [0.5, 0.6) is 5.75 Å². The van der Waals surface area contributed by atoms with Gasteiger partial charge in [-0.2, -0.15) is 0 Å². The number of unbranched alkanes of at least 4 members (excludes halogenated alkanes) is 3. The molecule has 0 amide bonds. The lowest BCUT2D eigenvalue weighted by atomic mass is 10.0. The molecule has 4 aromatic rings. The van der Waals surface area contributed by atoms with Gasteiger partial charge >= 0.3 is 0 Å². The standard InChI is InChI=1S/C32H34O/c1-25-8-14-28(15-9-25)30-18-12-27(13-19-30)7-5-3-4-6-24-33-32-22-20-31(21-23-32)29-16-10-26(2)11-17-29/h8-23H,3-7,24H2,1-2H3. The fraction of sp³-hybridized carbons (Fsp3) is 0.250. The Morgan fingerprint density at radius 3 is 1.39 bits per heavy atom. The van der Waals surface area contributed by atoms with Gasteiger partial charge in [-0.25, -0.2) is 0 Å². The fourth-order valence-electron chi connectivity index (χ4n) is 4.07. The number of hydrogen-bond donors (Lipinski definition) is 0. The molecule has 1 nitrogen and oxygen atoms in total. The Kier molecular flexibility index (Phi) is 7.98. The van der Waals surface area contributed by atoms with Gasteiger partial charge < -0.3 is 4.74 Å². The third-order valence-corrected chi connectivity index (χ3v) is 6.21. The van der Waals surface area contributed by atoms with E-state index in [1.165, 1.54) is 58.2 Å². The Hall–Kier alpha value is -3.32. The van der Waals surface area contributed by atoms with Crippen LogP contribution in [0.15, 0.2) is 97.1 Å². The van der Waals surface area contributed by atoms with Crippen molar-refractivity contribution in [1.29, 1.82) is 0 Å². The molecule has 4 aromatic carbocycles. The Bertz CT molecular complexity index is 1010. The van der Waals surface area contributed by atoms with Crippen molar-refractivity contribution in [1.82, 2.24) is 0 Å². The summed E-state index contributed by atoms with van der Waals surface area (Å²) in [6.45, 7) is 5.03. The molecule has 0 bridgehead atoms. The molecular formula is C32H34O. The predicted molar refractivity (Wildman–Crippen MR) is 141 cm³/mol. The van der Waals surface area contributed by atoms with E-state index in [1.807, 2.05) is 0 Å². The maximum absolute atomic E-state index is 5.94. The molecule has 0 aliphatic carbocycles. The van der Waals surface area contributed by atoms with Gasteiger partial charge in [0.2, 0.25) is 0 Å². The van der Waals surface area contributed by atoms with Crippen molar-refractivity contribution >= 4 is 0 Å². The molecule has 0 spiro atoms. The summed E-state index contributed by atoms with van der Waals surface area (Å²) in [5, 5.41) is 0. The van der Waals surface area contributed by atoms with Crippen molar-refractivity contribution in [2.45, 2.75) is 46.0 Å². The van der Waals surface area contributed by atoms with Crippen LogP contribution in [0.2, 0.25) is 0 Å². The monoisotopic (exact) mass is 434 g/mol. The lowest BCUT2D eigenvalue weighted by molar-refractivity contribution is 0.304. The van der Waals surface area contributed by atoms with Gasteiger partial charge in [0.05, 0.1) is 6.61 Å². The Morgan fingerprint density at radius 2 is 0.879 bits per heavy atom. The van der Waals surface area contributed by atoms with E-state index < -0.39 is 0 Å². The minimum Gasteiger partial charge on any atom is -0.494 e. The molecule has 4 rings (SSSR count). The second-order valence-corrected chi connectivity index (χ2v) is 8.97. The highest BCUT2D eigenvalue weighted by Gasteiger charge is 2.01. The predicted octanol–water partition coefficient (Wildman–Crippen LogP) is 8.82. The van der Waals surface area contributed by atoms with E-state index in [4.69, 9.17) is 4.74 Å². The fourth-order valence-corrected chi connectivity index (χ4v) is 4.07. The Labute approximate surface area is 199 Å². The van der Waals surface area contributed by atoms with Crippen LogP contribution in [0.3, 0.4) is 0 Å². The average molecular weight is 435 g/mol. The number of aryl methyl sites for hydroxylation is 3. The third kappa shape index (κ3) is 6.83. The normalized spacial score (nSPS) is 10.8. The second kappa shape index (κ2) is 11.5. The van der Waals surface area contributed by atoms with Gasteiger partial charge in [-0.1, -0.05) is 109 Å². The van der Waals surface area contributed by atoms with Crippen LogP contribution in [0.1, 0.15) is 42.4 Å². The van der Waals surface area contributed by atoms with Crippen LogP contribution in [0.4, 0.5) is 0 Å². The first kappa shape index (κ1) is 22.9. The summed E-state index contributed by atoms with van der Waals surface area (Å²) in [5.41, 5.74) is 9.08. The van der Waals surface area contributed by atoms with E-state index in [-0.39, 0.29) is 0 Å². The first-order chi connectivity index (χ1) is 16.2. The topological polar surface area (TPSA) is 9.23 Å². The first-order valence-electron chi connectivity index (χ1n) is 12.1. The summed E-state index contributed by atoms with van der Waals surface area (Å²) >= 11 is 0. The van der Waals surface area contributed by atoms with Gasteiger partial charge in [-0.05, 0) is 73.1 Å². The molecular weight excluding hydrogens is 400 g/mol. The summed E-state index contributed by atoms with van der Waals surface area (Å²) < 4.78 is 5.94. The van der Waals surface area contributed by atoms with Gasteiger partial charge in [-0.15, -0.1) is 0 Å². The van der Waals surface area contributed by atoms with Crippen LogP contribution in [-0.4, -0.2) is 6.61 Å². The molecule has 1 heteroatoms. The van der Waals surface area contributed by atoms with Crippen LogP contribution in [-0.2, 0) is 6.42 Å². The minimum absolute atomic E-state index is 0.787. The zero-order chi connectivity index (χ0) is 22.9. The van der Waals surface area contributed by atoms with Crippen molar-refractivity contribution in [3.05, 3.63) is 114 Å². The van der Waals surface area contributed by atoms with Crippen LogP contribution in [0.25, 0.3) is 22.3 Å². The molecule has 0 unspecified atom stereocenters. The van der Waals surface area contributed by atoms with E-state index in [1.54, 1.807) is 0 Å². The smallest absolute Gasteiger partial charge is 0.119 e. The van der Waals surface area contributed by atoms with Gasteiger partial charge in [-0.3, -0.25) is 0 Å². The van der Waals surface area contributed by atoms with E-state index in [9.17, 15) is 0 Å². The summed E-state index contributed by atoms with van der Waals surface area (Å²) in [4.78, 5) is 0. The van der Waals surface area contributed by atoms with Gasteiger partial charge in [0.25, 0.3) is 0 Å². The van der Waals surface area contributed by atoms with Crippen LogP contribution in [0, 0.1) is 13.8 Å². The van der Waals surface area contributed by atoms with Gasteiger partial charge in [0.15, 0.2) is 0 Å². The molecule has 0 fully saturated rings. The number of ether oxygens (including phenoxy) is 1. The third-order valence-electron chi connectivity index (χ3n) is 6.21. The van der Waals surface area contributed by atoms with Crippen molar-refractivity contribution in [3.63, 3.8) is 0 Å². The summed E-state index contributed by atoms with van der Waals surface area (Å²) in [5.74, 6) is 0.958. The SMILES string of the molecule is Cc1ccc(-c2ccc(CCCCCCOc3ccc(-c4ccc(C)cc4)cc3)cc2)cc1. The van der Waals surface area contributed by atoms with E-state index in [0.717, 1.165) is 25.2 Å². The molecule has 0 atom stereocenters. The molecule has 33 heavy (non-hydrogen) atoms. The molecule has 0 radical (unpaired) electrons. The zero-order valence-electron chi connectivity index (χ0n) is 19.9. The zero-order valence-corrected chi connectivity index (χ0v) is 19.9. The average Bonchev–Trinajstić information content (AvgIpc) is 2.85. The Morgan fingerprint density at radius 1 is 0.455 bits per heavy atom. The molecule has 0 N–H and O–H groups in total. The van der Waals surface area contributed by atoms with E-state index in [2.05, 4.69) is 111 Å². The quantitative estimate of drug-likeness (QED) is 0.227. The number of hydrogen-bond acceptors (Lipinski definition) is 1. The molecule has 0 aliphatic heterocycles. The first-order valence-corrected chi connectivity index (χ1v) is 12.1. The summed E-state index contributed by atoms with van der Waals surface area (Å²) in [7, 11) is 0. The van der Waals surface area contributed by atoms with Gasteiger partial charge in [0.1, 0.15) is 5.75 Å². The molecule has 0 aliphatic rings. The number of benzene rings is 4. The maximum Gasteiger partial charge on any atom is 0.119 e. The van der Waals surface area contributed by atoms with E-state index >= 15 is 0 Å². The summed E-state index contributed by atoms with van der Waals surface area (Å²) in [6, 6.07) is 34.9. The lowest BCUT2D eigenvalue weighted by Gasteiger charge is -2.08. The van der Waals surface area contributed by atoms with Crippen LogP contribution < -0.4 is 4.74 Å². The highest BCUT2D eigenvalue weighted by Crippen LogP contribution is 2.23. The lowest BCUT2D eigenvalue weighted by Crippen LogP contribution is -1.97. The van der Waals surface area contributed by atoms with E-state index in [0.29, 0.717) is 0 Å². The Balaban J connectivity index is 1.12. The highest BCUT2D eigenvalue weighted by molar-refractivity contribution is 5.65. The molecule has 0 heterocycles. The van der Waals surface area contributed by atoms with Crippen molar-refractivity contribution in [3.8, 4) is 28.0 Å². The number of rotatable bonds is 10. The van der Waals surface area contributed by atoms with Crippen molar-refractivity contribution in [2.24, 2.45) is 0 Å². The molecule has 0 aromatic heterocycles. The van der Waals surface area contributed by atoms with Crippen LogP contribution >= 0.6 is 0 Å². The van der Waals surface area contributed by atoms with Crippen molar-refractivity contribution < 1.29 is 4.74 Å². The summed E-state index contributed by atoms with van der Waals surface area (Å²) in [6.07, 6.45) is 5.94. The maximum atomic E-state index is 5.94. The molecule has 168 valence electrons. The van der Waals surface area contributed by atoms with Gasteiger partial charge in [0, 0.05) is 0 Å². The highest BCUT2D eigenvalue weighted by atomic mass is 16.5. The largest absolute Gasteiger partial charge is 0.494 e. The molecule has 0 saturated heterocycles. The minimum atomic E-state index is 0.787. The van der Waals surface area contributed by atoms with Crippen molar-refractivity contribution in [2.75, 3.05) is 6.61 Å². The second-order valence-electron chi connectivity index (χ2n) is 8.97.